The molecule has 2 aliphatic heterocycles. The summed E-state index contributed by atoms with van der Waals surface area (Å²) in [5.74, 6) is 0. The summed E-state index contributed by atoms with van der Waals surface area (Å²) in [4.78, 5) is 0. The molecule has 0 saturated heterocycles. The molecular formula is C8H8N2. The van der Waals surface area contributed by atoms with Crippen LogP contribution in [-0.2, 0) is 0 Å². The minimum Gasteiger partial charge on any atom is -0.302 e. The summed E-state index contributed by atoms with van der Waals surface area (Å²) in [6, 6.07) is 0. The van der Waals surface area contributed by atoms with Crippen molar-refractivity contribution in [1.82, 2.24) is 10.4 Å². The van der Waals surface area contributed by atoms with Crippen molar-refractivity contribution in [3.63, 3.8) is 0 Å². The van der Waals surface area contributed by atoms with Crippen LogP contribution < -0.4 is 5.43 Å². The first kappa shape index (κ1) is 5.35. The zero-order valence-electron chi connectivity index (χ0n) is 5.49. The van der Waals surface area contributed by atoms with Crippen LogP contribution in [0.5, 0.6) is 0 Å². The van der Waals surface area contributed by atoms with Crippen LogP contribution in [0.2, 0.25) is 0 Å². The van der Waals surface area contributed by atoms with Gasteiger partial charge in [0.05, 0.1) is 5.70 Å². The molecule has 1 N–H and O–H groups in total. The Labute approximate surface area is 59.8 Å². The summed E-state index contributed by atoms with van der Waals surface area (Å²) in [6.07, 6.45) is 14.0. The minimum absolute atomic E-state index is 1.17. The highest BCUT2D eigenvalue weighted by Gasteiger charge is 2.04. The van der Waals surface area contributed by atoms with Crippen molar-refractivity contribution in [2.45, 2.75) is 0 Å². The van der Waals surface area contributed by atoms with E-state index < -0.39 is 0 Å². The molecule has 0 aromatic carbocycles. The molecule has 2 aliphatic rings. The van der Waals surface area contributed by atoms with Crippen LogP contribution in [0.1, 0.15) is 0 Å². The minimum atomic E-state index is 1.17. The van der Waals surface area contributed by atoms with E-state index in [4.69, 9.17) is 0 Å². The number of rotatable bonds is 0. The first-order valence-electron chi connectivity index (χ1n) is 3.24. The fourth-order valence-electron chi connectivity index (χ4n) is 0.980. The summed E-state index contributed by atoms with van der Waals surface area (Å²) in [5.41, 5.74) is 4.24. The fourth-order valence-corrected chi connectivity index (χ4v) is 0.980. The number of hydrogen-bond donors (Lipinski definition) is 1. The number of nitrogens with zero attached hydrogens (tertiary/aromatic N) is 1. The fraction of sp³-hybridized carbons (Fsp3) is 0. The van der Waals surface area contributed by atoms with Gasteiger partial charge < -0.3 is 5.43 Å². The topological polar surface area (TPSA) is 15.3 Å². The average Bonchev–Trinajstić information content (AvgIpc) is 2.05. The van der Waals surface area contributed by atoms with E-state index >= 15 is 0 Å². The summed E-state index contributed by atoms with van der Waals surface area (Å²) < 4.78 is 0. The van der Waals surface area contributed by atoms with Crippen LogP contribution in [0.15, 0.2) is 48.5 Å². The molecule has 10 heavy (non-hydrogen) atoms. The average molecular weight is 132 g/mol. The molecule has 0 fully saturated rings. The van der Waals surface area contributed by atoms with Gasteiger partial charge in [0.15, 0.2) is 0 Å². The first-order chi connectivity index (χ1) is 4.97. The van der Waals surface area contributed by atoms with Crippen LogP contribution in [0.3, 0.4) is 0 Å². The SMILES string of the molecule is C1=CNN2C=CC=CC2=C1. The van der Waals surface area contributed by atoms with Crippen molar-refractivity contribution in [2.24, 2.45) is 0 Å². The van der Waals surface area contributed by atoms with Gasteiger partial charge in [-0.2, -0.15) is 0 Å². The molecule has 0 aromatic heterocycles. The highest BCUT2D eigenvalue weighted by molar-refractivity contribution is 5.31. The Hall–Kier alpha value is -1.44. The van der Waals surface area contributed by atoms with Crippen LogP contribution >= 0.6 is 0 Å². The Morgan fingerprint density at radius 3 is 3.10 bits per heavy atom. The summed E-state index contributed by atoms with van der Waals surface area (Å²) in [5, 5.41) is 1.96. The van der Waals surface area contributed by atoms with Crippen LogP contribution in [0.25, 0.3) is 0 Å². The standard InChI is InChI=1S/C8H8N2/c1-2-7-10-8(4-1)5-3-6-9-10/h1-7,9H. The van der Waals surface area contributed by atoms with E-state index in [1.54, 1.807) is 0 Å². The van der Waals surface area contributed by atoms with Gasteiger partial charge in [0.2, 0.25) is 0 Å². The van der Waals surface area contributed by atoms with Gasteiger partial charge in [-0.3, -0.25) is 5.01 Å². The van der Waals surface area contributed by atoms with Crippen molar-refractivity contribution >= 4 is 0 Å². The van der Waals surface area contributed by atoms with Crippen molar-refractivity contribution in [3.05, 3.63) is 48.5 Å². The monoisotopic (exact) mass is 132 g/mol. The maximum Gasteiger partial charge on any atom is 0.0623 e. The quantitative estimate of drug-likeness (QED) is 0.534. The summed E-state index contributed by atoms with van der Waals surface area (Å²) in [7, 11) is 0. The predicted octanol–water partition coefficient (Wildman–Crippen LogP) is 1.29. The van der Waals surface area contributed by atoms with E-state index in [1.165, 1.54) is 5.70 Å². The molecule has 0 radical (unpaired) electrons. The van der Waals surface area contributed by atoms with Gasteiger partial charge >= 0.3 is 0 Å². The molecule has 0 amide bonds. The van der Waals surface area contributed by atoms with Gasteiger partial charge in [-0.25, -0.2) is 0 Å². The molecule has 2 nitrogen and oxygen atoms in total. The second-order valence-electron chi connectivity index (χ2n) is 2.15. The van der Waals surface area contributed by atoms with Gasteiger partial charge in [-0.15, -0.1) is 0 Å². The molecule has 0 spiro atoms. The molecular weight excluding hydrogens is 124 g/mol. The normalized spacial score (nSPS) is 20.0. The maximum absolute atomic E-state index is 3.07. The molecule has 0 bridgehead atoms. The molecule has 0 aromatic rings. The summed E-state index contributed by atoms with van der Waals surface area (Å²) >= 11 is 0. The Morgan fingerprint density at radius 1 is 1.20 bits per heavy atom. The van der Waals surface area contributed by atoms with Gasteiger partial charge in [0.25, 0.3) is 0 Å². The van der Waals surface area contributed by atoms with Gasteiger partial charge in [0.1, 0.15) is 0 Å². The largest absolute Gasteiger partial charge is 0.302 e. The Kier molecular flexibility index (Phi) is 1.10. The van der Waals surface area contributed by atoms with Crippen LogP contribution in [-0.4, -0.2) is 5.01 Å². The number of hydrogen-bond acceptors (Lipinski definition) is 2. The van der Waals surface area contributed by atoms with Crippen molar-refractivity contribution < 1.29 is 0 Å². The Balaban J connectivity index is 2.34. The third-order valence-corrected chi connectivity index (χ3v) is 1.47. The van der Waals surface area contributed by atoms with Gasteiger partial charge in [0, 0.05) is 12.4 Å². The molecule has 2 heterocycles. The second kappa shape index (κ2) is 2.06. The maximum atomic E-state index is 3.07. The highest BCUT2D eigenvalue weighted by Crippen LogP contribution is 2.11. The summed E-state index contributed by atoms with van der Waals surface area (Å²) in [6.45, 7) is 0. The van der Waals surface area contributed by atoms with E-state index in [2.05, 4.69) is 17.6 Å². The molecule has 0 atom stereocenters. The van der Waals surface area contributed by atoms with Crippen LogP contribution in [0, 0.1) is 0 Å². The van der Waals surface area contributed by atoms with Crippen molar-refractivity contribution in [1.29, 1.82) is 0 Å². The number of allylic oxidation sites excluding steroid dienone is 5. The smallest absolute Gasteiger partial charge is 0.0623 e. The lowest BCUT2D eigenvalue weighted by Crippen LogP contribution is -2.30. The lowest BCUT2D eigenvalue weighted by atomic mass is 10.2. The van der Waals surface area contributed by atoms with Crippen molar-refractivity contribution in [3.8, 4) is 0 Å². The number of fused-ring (bicyclic) bond motifs is 1. The van der Waals surface area contributed by atoms with Gasteiger partial charge in [-0.05, 0) is 24.3 Å². The van der Waals surface area contributed by atoms with E-state index in [9.17, 15) is 0 Å². The molecule has 0 aliphatic carbocycles. The third-order valence-electron chi connectivity index (χ3n) is 1.47. The van der Waals surface area contributed by atoms with E-state index in [-0.39, 0.29) is 0 Å². The van der Waals surface area contributed by atoms with Gasteiger partial charge in [-0.1, -0.05) is 6.08 Å². The number of nitrogens with one attached hydrogen (secondary N) is 1. The molecule has 50 valence electrons. The lowest BCUT2D eigenvalue weighted by molar-refractivity contribution is 0.400. The van der Waals surface area contributed by atoms with Crippen LogP contribution in [0.4, 0.5) is 0 Å². The van der Waals surface area contributed by atoms with E-state index in [0.717, 1.165) is 0 Å². The highest BCUT2D eigenvalue weighted by atomic mass is 15.5. The van der Waals surface area contributed by atoms with E-state index in [1.807, 2.05) is 35.6 Å². The molecule has 0 unspecified atom stereocenters. The van der Waals surface area contributed by atoms with Crippen molar-refractivity contribution in [2.75, 3.05) is 0 Å². The third kappa shape index (κ3) is 0.739. The predicted molar refractivity (Wildman–Crippen MR) is 40.5 cm³/mol. The lowest BCUT2D eigenvalue weighted by Gasteiger charge is -2.25. The Morgan fingerprint density at radius 2 is 2.20 bits per heavy atom. The molecule has 2 heteroatoms. The Bertz CT molecular complexity index is 246. The number of hydrazine groups is 1. The second-order valence-corrected chi connectivity index (χ2v) is 2.15. The zero-order valence-corrected chi connectivity index (χ0v) is 5.49. The molecule has 0 saturated carbocycles. The zero-order chi connectivity index (χ0) is 6.81. The first-order valence-corrected chi connectivity index (χ1v) is 3.24. The molecule has 2 rings (SSSR count). The van der Waals surface area contributed by atoms with E-state index in [0.29, 0.717) is 0 Å².